The predicted octanol–water partition coefficient (Wildman–Crippen LogP) is 2.77. The molecule has 0 aliphatic heterocycles. The van der Waals surface area contributed by atoms with Crippen molar-refractivity contribution in [2.24, 2.45) is 0 Å². The van der Waals surface area contributed by atoms with E-state index in [0.717, 1.165) is 22.0 Å². The lowest BCUT2D eigenvalue weighted by Gasteiger charge is -2.10. The summed E-state index contributed by atoms with van der Waals surface area (Å²) in [6.07, 6.45) is 0. The molecule has 7 heteroatoms. The Bertz CT molecular complexity index is 1060. The number of carbonyl (C=O) groups is 1. The van der Waals surface area contributed by atoms with Gasteiger partial charge in [-0.3, -0.25) is 15.6 Å². The minimum atomic E-state index is -3.70. The van der Waals surface area contributed by atoms with E-state index in [1.54, 1.807) is 18.2 Å². The number of aromatic nitrogens is 1. The number of pyridine rings is 1. The van der Waals surface area contributed by atoms with Crippen molar-refractivity contribution in [1.82, 2.24) is 10.4 Å². The molecule has 0 saturated carbocycles. The Morgan fingerprint density at radius 1 is 1.04 bits per heavy atom. The summed E-state index contributed by atoms with van der Waals surface area (Å²) in [5.41, 5.74) is 7.82. The van der Waals surface area contributed by atoms with Crippen molar-refractivity contribution in [1.29, 1.82) is 0 Å². The van der Waals surface area contributed by atoms with E-state index in [4.69, 9.17) is 0 Å². The lowest BCUT2D eigenvalue weighted by molar-refractivity contribution is -0.118. The number of amides is 1. The lowest BCUT2D eigenvalue weighted by atomic mass is 10.1. The molecule has 0 unspecified atom stereocenters. The standard InChI is InChI=1S/C19H19N3O3S/c1-13-7-9-15(10-8-13)26(24,25)12-19(23)22-21-18-11-14(2)16-5-3-4-6-17(16)20-18/h3-11H,12H2,1-2H3,(H,20,21)(H,22,23). The Morgan fingerprint density at radius 2 is 1.73 bits per heavy atom. The van der Waals surface area contributed by atoms with Gasteiger partial charge in [0.25, 0.3) is 5.91 Å². The molecule has 3 aromatic rings. The van der Waals surface area contributed by atoms with Crippen molar-refractivity contribution >= 4 is 32.5 Å². The molecule has 2 aromatic carbocycles. The Balaban J connectivity index is 1.68. The van der Waals surface area contributed by atoms with E-state index >= 15 is 0 Å². The van der Waals surface area contributed by atoms with Crippen LogP contribution in [0.15, 0.2) is 59.5 Å². The average molecular weight is 369 g/mol. The summed E-state index contributed by atoms with van der Waals surface area (Å²) in [5, 5.41) is 1.02. The van der Waals surface area contributed by atoms with Crippen molar-refractivity contribution in [2.75, 3.05) is 11.2 Å². The van der Waals surface area contributed by atoms with Crippen LogP contribution in [0.2, 0.25) is 0 Å². The maximum atomic E-state index is 12.3. The number of hydrogen-bond donors (Lipinski definition) is 2. The van der Waals surface area contributed by atoms with Gasteiger partial charge in [0.1, 0.15) is 11.6 Å². The van der Waals surface area contributed by atoms with E-state index in [0.29, 0.717) is 5.82 Å². The Hall–Kier alpha value is -2.93. The monoisotopic (exact) mass is 369 g/mol. The van der Waals surface area contributed by atoms with E-state index in [2.05, 4.69) is 15.8 Å². The third-order valence-corrected chi connectivity index (χ3v) is 5.59. The van der Waals surface area contributed by atoms with Crippen LogP contribution in [0.1, 0.15) is 11.1 Å². The Kier molecular flexibility index (Phi) is 4.90. The van der Waals surface area contributed by atoms with Crippen molar-refractivity contribution in [3.05, 3.63) is 65.7 Å². The summed E-state index contributed by atoms with van der Waals surface area (Å²) >= 11 is 0. The molecule has 1 amide bonds. The molecule has 2 N–H and O–H groups in total. The molecule has 0 aliphatic carbocycles. The van der Waals surface area contributed by atoms with E-state index in [1.807, 2.05) is 38.1 Å². The molecular weight excluding hydrogens is 350 g/mol. The summed E-state index contributed by atoms with van der Waals surface area (Å²) < 4.78 is 24.6. The lowest BCUT2D eigenvalue weighted by Crippen LogP contribution is -2.34. The fourth-order valence-electron chi connectivity index (χ4n) is 2.58. The van der Waals surface area contributed by atoms with Gasteiger partial charge < -0.3 is 0 Å². The fraction of sp³-hybridized carbons (Fsp3) is 0.158. The van der Waals surface area contributed by atoms with Gasteiger partial charge in [-0.05, 0) is 43.7 Å². The molecule has 0 spiro atoms. The van der Waals surface area contributed by atoms with Crippen LogP contribution in [0.4, 0.5) is 5.82 Å². The first kappa shape index (κ1) is 17.9. The number of aryl methyl sites for hydroxylation is 2. The number of carbonyl (C=O) groups excluding carboxylic acids is 1. The molecule has 3 rings (SSSR count). The number of benzene rings is 2. The molecule has 0 bridgehead atoms. The average Bonchev–Trinajstić information content (AvgIpc) is 2.60. The van der Waals surface area contributed by atoms with Gasteiger partial charge in [0, 0.05) is 5.39 Å². The normalized spacial score (nSPS) is 11.3. The van der Waals surface area contributed by atoms with Crippen LogP contribution in [0, 0.1) is 13.8 Å². The minimum Gasteiger partial charge on any atom is -0.282 e. The summed E-state index contributed by atoms with van der Waals surface area (Å²) in [4.78, 5) is 16.6. The number of nitrogens with one attached hydrogen (secondary N) is 2. The number of nitrogens with zero attached hydrogens (tertiary/aromatic N) is 1. The van der Waals surface area contributed by atoms with Gasteiger partial charge in [0.05, 0.1) is 10.4 Å². The predicted molar refractivity (Wildman–Crippen MR) is 101 cm³/mol. The number of hydrogen-bond acceptors (Lipinski definition) is 5. The highest BCUT2D eigenvalue weighted by Crippen LogP contribution is 2.19. The van der Waals surface area contributed by atoms with Gasteiger partial charge in [-0.25, -0.2) is 13.4 Å². The van der Waals surface area contributed by atoms with Crippen molar-refractivity contribution < 1.29 is 13.2 Å². The molecule has 0 saturated heterocycles. The zero-order chi connectivity index (χ0) is 18.7. The van der Waals surface area contributed by atoms with Crippen LogP contribution in [-0.2, 0) is 14.6 Å². The largest absolute Gasteiger partial charge is 0.282 e. The second-order valence-corrected chi connectivity index (χ2v) is 8.08. The van der Waals surface area contributed by atoms with Crippen LogP contribution in [0.5, 0.6) is 0 Å². The zero-order valence-corrected chi connectivity index (χ0v) is 15.3. The van der Waals surface area contributed by atoms with E-state index in [1.165, 1.54) is 12.1 Å². The van der Waals surface area contributed by atoms with Gasteiger partial charge in [0.2, 0.25) is 0 Å². The third-order valence-electron chi connectivity index (χ3n) is 3.95. The van der Waals surface area contributed by atoms with E-state index in [9.17, 15) is 13.2 Å². The number of sulfone groups is 1. The molecular formula is C19H19N3O3S. The maximum absolute atomic E-state index is 12.3. The number of rotatable bonds is 5. The number of anilines is 1. The highest BCUT2D eigenvalue weighted by Gasteiger charge is 2.19. The number of para-hydroxylation sites is 1. The Morgan fingerprint density at radius 3 is 2.46 bits per heavy atom. The van der Waals surface area contributed by atoms with Gasteiger partial charge in [0.15, 0.2) is 9.84 Å². The molecule has 0 aliphatic rings. The van der Waals surface area contributed by atoms with Crippen molar-refractivity contribution in [3.8, 4) is 0 Å². The van der Waals surface area contributed by atoms with Crippen molar-refractivity contribution in [3.63, 3.8) is 0 Å². The van der Waals surface area contributed by atoms with Gasteiger partial charge in [-0.15, -0.1) is 0 Å². The molecule has 0 radical (unpaired) electrons. The number of fused-ring (bicyclic) bond motifs is 1. The van der Waals surface area contributed by atoms with Gasteiger partial charge in [-0.2, -0.15) is 0 Å². The first-order chi connectivity index (χ1) is 12.3. The van der Waals surface area contributed by atoms with Crippen LogP contribution in [0.3, 0.4) is 0 Å². The van der Waals surface area contributed by atoms with Crippen molar-refractivity contribution in [2.45, 2.75) is 18.7 Å². The van der Waals surface area contributed by atoms with Crippen LogP contribution in [0.25, 0.3) is 10.9 Å². The molecule has 0 atom stereocenters. The smallest absolute Gasteiger partial charge is 0.253 e. The highest BCUT2D eigenvalue weighted by molar-refractivity contribution is 7.92. The molecule has 1 aromatic heterocycles. The molecule has 1 heterocycles. The summed E-state index contributed by atoms with van der Waals surface area (Å²) in [6.45, 7) is 3.81. The van der Waals surface area contributed by atoms with Crippen LogP contribution < -0.4 is 10.9 Å². The van der Waals surface area contributed by atoms with E-state index < -0.39 is 21.5 Å². The van der Waals surface area contributed by atoms with Crippen LogP contribution in [-0.4, -0.2) is 25.1 Å². The van der Waals surface area contributed by atoms with Crippen LogP contribution >= 0.6 is 0 Å². The topological polar surface area (TPSA) is 88.2 Å². The summed E-state index contributed by atoms with van der Waals surface area (Å²) in [5.74, 6) is -0.851. The van der Waals surface area contributed by atoms with Gasteiger partial charge in [-0.1, -0.05) is 35.9 Å². The summed E-state index contributed by atoms with van der Waals surface area (Å²) in [6, 6.07) is 15.8. The first-order valence-electron chi connectivity index (χ1n) is 8.06. The summed E-state index contributed by atoms with van der Waals surface area (Å²) in [7, 11) is -3.70. The molecule has 134 valence electrons. The first-order valence-corrected chi connectivity index (χ1v) is 9.71. The highest BCUT2D eigenvalue weighted by atomic mass is 32.2. The molecule has 0 fully saturated rings. The fourth-order valence-corrected chi connectivity index (χ4v) is 3.72. The Labute approximate surface area is 152 Å². The minimum absolute atomic E-state index is 0.123. The second-order valence-electron chi connectivity index (χ2n) is 6.09. The molecule has 26 heavy (non-hydrogen) atoms. The quantitative estimate of drug-likeness (QED) is 0.675. The molecule has 6 nitrogen and oxygen atoms in total. The van der Waals surface area contributed by atoms with Gasteiger partial charge >= 0.3 is 0 Å². The third kappa shape index (κ3) is 4.00. The zero-order valence-electron chi connectivity index (χ0n) is 14.5. The van der Waals surface area contributed by atoms with E-state index in [-0.39, 0.29) is 4.90 Å². The maximum Gasteiger partial charge on any atom is 0.253 e. The SMILES string of the molecule is Cc1ccc(S(=O)(=O)CC(=O)NNc2cc(C)c3ccccc3n2)cc1. The number of hydrazine groups is 1. The second kappa shape index (κ2) is 7.13.